The Morgan fingerprint density at radius 1 is 1.31 bits per heavy atom. The third-order valence-corrected chi connectivity index (χ3v) is 2.40. The summed E-state index contributed by atoms with van der Waals surface area (Å²) in [6.45, 7) is -1.66. The molecule has 1 saturated heterocycles. The molecule has 0 radical (unpaired) electrons. The van der Waals surface area contributed by atoms with Crippen LogP contribution in [0.25, 0.3) is 0 Å². The number of carbonyl (C=O) groups is 2. The Morgan fingerprint density at radius 2 is 1.88 bits per heavy atom. The van der Waals surface area contributed by atoms with Gasteiger partial charge in [0.25, 0.3) is 0 Å². The first-order valence-corrected chi connectivity index (χ1v) is 4.57. The molecule has 8 heteroatoms. The van der Waals surface area contributed by atoms with Crippen molar-refractivity contribution in [2.75, 3.05) is 26.7 Å². The van der Waals surface area contributed by atoms with E-state index in [9.17, 15) is 22.8 Å². The molecule has 1 unspecified atom stereocenters. The van der Waals surface area contributed by atoms with Gasteiger partial charge >= 0.3 is 6.18 Å². The van der Waals surface area contributed by atoms with Crippen LogP contribution in [0, 0.1) is 0 Å². The Morgan fingerprint density at radius 3 is 2.31 bits per heavy atom. The van der Waals surface area contributed by atoms with Crippen LogP contribution in [0.1, 0.15) is 0 Å². The van der Waals surface area contributed by atoms with Crippen molar-refractivity contribution in [3.63, 3.8) is 0 Å². The molecule has 0 aromatic heterocycles. The Kier molecular flexibility index (Phi) is 3.41. The first kappa shape index (κ1) is 12.8. The number of rotatable bonds is 2. The van der Waals surface area contributed by atoms with Gasteiger partial charge in [0.2, 0.25) is 11.8 Å². The molecule has 5 nitrogen and oxygen atoms in total. The molecule has 0 saturated carbocycles. The number of carbonyl (C=O) groups excluding carboxylic acids is 2. The number of halogens is 3. The fourth-order valence-electron chi connectivity index (χ4n) is 1.46. The van der Waals surface area contributed by atoms with Crippen molar-refractivity contribution in [2.45, 2.75) is 12.2 Å². The second-order valence-corrected chi connectivity index (χ2v) is 3.56. The van der Waals surface area contributed by atoms with Crippen LogP contribution in [0.5, 0.6) is 0 Å². The molecule has 1 aliphatic rings. The average Bonchev–Trinajstić information content (AvgIpc) is 2.12. The van der Waals surface area contributed by atoms with Crippen LogP contribution in [-0.2, 0) is 9.59 Å². The fourth-order valence-corrected chi connectivity index (χ4v) is 1.46. The maximum Gasteiger partial charge on any atom is 0.410 e. The second-order valence-electron chi connectivity index (χ2n) is 3.56. The van der Waals surface area contributed by atoms with Crippen LogP contribution >= 0.6 is 0 Å². The minimum Gasteiger partial charge on any atom is -0.335 e. The lowest BCUT2D eigenvalue weighted by Gasteiger charge is -2.37. The van der Waals surface area contributed by atoms with Gasteiger partial charge in [0.05, 0.1) is 6.54 Å². The van der Waals surface area contributed by atoms with Gasteiger partial charge in [0, 0.05) is 13.6 Å². The molecule has 2 N–H and O–H groups in total. The van der Waals surface area contributed by atoms with Crippen LogP contribution in [0.2, 0.25) is 0 Å². The number of hydrogen-bond donors (Lipinski definition) is 1. The monoisotopic (exact) mass is 239 g/mol. The quantitative estimate of drug-likeness (QED) is 0.684. The Bertz CT molecular complexity index is 305. The Balaban J connectivity index is 2.86. The van der Waals surface area contributed by atoms with E-state index in [4.69, 9.17) is 5.73 Å². The highest BCUT2D eigenvalue weighted by Crippen LogP contribution is 2.25. The van der Waals surface area contributed by atoms with Crippen LogP contribution < -0.4 is 5.73 Å². The molecular weight excluding hydrogens is 227 g/mol. The summed E-state index contributed by atoms with van der Waals surface area (Å²) in [6, 6.07) is -2.09. The van der Waals surface area contributed by atoms with Gasteiger partial charge in [0.1, 0.15) is 12.6 Å². The molecule has 1 rings (SSSR count). The standard InChI is InChI=1S/C8H12F3N3O2/c1-13-3-7(16)14(4-6(13)15)5(2-12)8(9,10)11/h5H,2-4,12H2,1H3. The van der Waals surface area contributed by atoms with Gasteiger partial charge in [-0.15, -0.1) is 0 Å². The van der Waals surface area contributed by atoms with Crippen molar-refractivity contribution in [3.05, 3.63) is 0 Å². The number of piperazine rings is 1. The highest BCUT2D eigenvalue weighted by Gasteiger charge is 2.46. The lowest BCUT2D eigenvalue weighted by Crippen LogP contribution is -2.61. The van der Waals surface area contributed by atoms with E-state index in [2.05, 4.69) is 0 Å². The van der Waals surface area contributed by atoms with Crippen molar-refractivity contribution < 1.29 is 22.8 Å². The number of likely N-dealkylation sites (N-methyl/N-ethyl adjacent to an activating group) is 1. The van der Waals surface area contributed by atoms with E-state index < -0.39 is 37.1 Å². The molecule has 0 aromatic rings. The first-order chi connectivity index (χ1) is 7.27. The molecule has 2 amide bonds. The zero-order chi connectivity index (χ0) is 12.5. The maximum absolute atomic E-state index is 12.5. The molecule has 1 fully saturated rings. The van der Waals surface area contributed by atoms with Gasteiger partial charge in [-0.2, -0.15) is 13.2 Å². The summed E-state index contributed by atoms with van der Waals surface area (Å²) in [6.07, 6.45) is -4.61. The number of nitrogens with zero attached hydrogens (tertiary/aromatic N) is 2. The van der Waals surface area contributed by atoms with Gasteiger partial charge < -0.3 is 15.5 Å². The highest BCUT2D eigenvalue weighted by atomic mass is 19.4. The lowest BCUT2D eigenvalue weighted by atomic mass is 10.2. The smallest absolute Gasteiger partial charge is 0.335 e. The van der Waals surface area contributed by atoms with Crippen molar-refractivity contribution in [1.82, 2.24) is 9.80 Å². The first-order valence-electron chi connectivity index (χ1n) is 4.57. The van der Waals surface area contributed by atoms with Gasteiger partial charge in [-0.1, -0.05) is 0 Å². The van der Waals surface area contributed by atoms with E-state index in [1.54, 1.807) is 0 Å². The molecule has 1 aliphatic heterocycles. The summed E-state index contributed by atoms with van der Waals surface area (Å²) < 4.78 is 37.5. The molecule has 1 heterocycles. The molecule has 92 valence electrons. The number of amides is 2. The topological polar surface area (TPSA) is 66.6 Å². The summed E-state index contributed by atoms with van der Waals surface area (Å²) in [5, 5.41) is 0. The predicted octanol–water partition coefficient (Wildman–Crippen LogP) is -0.823. The van der Waals surface area contributed by atoms with Crippen molar-refractivity contribution in [3.8, 4) is 0 Å². The maximum atomic E-state index is 12.5. The van der Waals surface area contributed by atoms with Gasteiger partial charge in [-0.3, -0.25) is 9.59 Å². The summed E-state index contributed by atoms with van der Waals surface area (Å²) in [4.78, 5) is 24.2. The van der Waals surface area contributed by atoms with E-state index in [0.29, 0.717) is 4.90 Å². The largest absolute Gasteiger partial charge is 0.410 e. The molecule has 1 atom stereocenters. The lowest BCUT2D eigenvalue weighted by molar-refractivity contribution is -0.192. The number of alkyl halides is 3. The van der Waals surface area contributed by atoms with E-state index in [1.807, 2.05) is 0 Å². The SMILES string of the molecule is CN1CC(=O)N(C(CN)C(F)(F)F)CC1=O. The van der Waals surface area contributed by atoms with Crippen LogP contribution in [0.15, 0.2) is 0 Å². The van der Waals surface area contributed by atoms with Crippen molar-refractivity contribution in [2.24, 2.45) is 5.73 Å². The van der Waals surface area contributed by atoms with Crippen LogP contribution in [0.3, 0.4) is 0 Å². The molecule has 0 aliphatic carbocycles. The van der Waals surface area contributed by atoms with Crippen molar-refractivity contribution in [1.29, 1.82) is 0 Å². The Labute approximate surface area is 90.0 Å². The second kappa shape index (κ2) is 4.28. The zero-order valence-electron chi connectivity index (χ0n) is 8.62. The average molecular weight is 239 g/mol. The van der Waals surface area contributed by atoms with E-state index >= 15 is 0 Å². The highest BCUT2D eigenvalue weighted by molar-refractivity contribution is 5.92. The van der Waals surface area contributed by atoms with E-state index in [1.165, 1.54) is 7.05 Å². The fraction of sp³-hybridized carbons (Fsp3) is 0.750. The van der Waals surface area contributed by atoms with Gasteiger partial charge in [0.15, 0.2) is 0 Å². The predicted molar refractivity (Wildman–Crippen MR) is 48.2 cm³/mol. The molecule has 0 aromatic carbocycles. The normalized spacial score (nSPS) is 20.3. The number of hydrogen-bond acceptors (Lipinski definition) is 3. The van der Waals surface area contributed by atoms with E-state index in [0.717, 1.165) is 4.90 Å². The van der Waals surface area contributed by atoms with Gasteiger partial charge in [-0.05, 0) is 0 Å². The molecule has 0 spiro atoms. The molecular formula is C8H12F3N3O2. The third kappa shape index (κ3) is 2.43. The van der Waals surface area contributed by atoms with Gasteiger partial charge in [-0.25, -0.2) is 0 Å². The Hall–Kier alpha value is -1.31. The summed E-state index contributed by atoms with van der Waals surface area (Å²) >= 11 is 0. The van der Waals surface area contributed by atoms with Crippen molar-refractivity contribution >= 4 is 11.8 Å². The minimum atomic E-state index is -4.61. The molecule has 0 bridgehead atoms. The minimum absolute atomic E-state index is 0.342. The van der Waals surface area contributed by atoms with Crippen LogP contribution in [-0.4, -0.2) is 60.5 Å². The molecule has 16 heavy (non-hydrogen) atoms. The summed E-state index contributed by atoms with van der Waals surface area (Å²) in [5.41, 5.74) is 4.99. The number of nitrogens with two attached hydrogens (primary N) is 1. The summed E-state index contributed by atoms with van der Waals surface area (Å²) in [5.74, 6) is -1.27. The third-order valence-electron chi connectivity index (χ3n) is 2.40. The zero-order valence-corrected chi connectivity index (χ0v) is 8.62. The van der Waals surface area contributed by atoms with E-state index in [-0.39, 0.29) is 6.54 Å². The summed E-state index contributed by atoms with van der Waals surface area (Å²) in [7, 11) is 1.36. The van der Waals surface area contributed by atoms with Crippen LogP contribution in [0.4, 0.5) is 13.2 Å².